The smallest absolute Gasteiger partial charge is 0.270 e. The third kappa shape index (κ3) is 3.42. The number of anilines is 1. The predicted molar refractivity (Wildman–Crippen MR) is 83.0 cm³/mol. The number of rotatable bonds is 3. The van der Waals surface area contributed by atoms with E-state index in [1.807, 2.05) is 0 Å². The van der Waals surface area contributed by atoms with Gasteiger partial charge in [0.25, 0.3) is 11.6 Å². The number of hydrogen-bond donors (Lipinski definition) is 1. The minimum atomic E-state index is -0.575. The Bertz CT molecular complexity index is 676. The number of carbonyl (C=O) groups is 1. The number of non-ortho nitro benzene ring substituents is 1. The van der Waals surface area contributed by atoms with E-state index < -0.39 is 10.8 Å². The highest BCUT2D eigenvalue weighted by atomic mass is 127. The molecule has 1 aromatic carbocycles. The van der Waals surface area contributed by atoms with Crippen molar-refractivity contribution in [3.63, 3.8) is 0 Å². The molecule has 1 aromatic heterocycles. The number of hydrogen-bond acceptors (Lipinski definition) is 4. The molecule has 0 fully saturated rings. The monoisotopic (exact) mass is 403 g/mol. The van der Waals surface area contributed by atoms with Crippen molar-refractivity contribution in [2.75, 3.05) is 5.32 Å². The van der Waals surface area contributed by atoms with Crippen molar-refractivity contribution in [3.8, 4) is 0 Å². The maximum atomic E-state index is 12.0. The summed E-state index contributed by atoms with van der Waals surface area (Å²) in [5.41, 5.74) is -0.0171. The van der Waals surface area contributed by atoms with E-state index in [0.717, 1.165) is 9.64 Å². The molecule has 0 aliphatic heterocycles. The first-order valence-corrected chi connectivity index (χ1v) is 6.80. The minimum Gasteiger partial charge on any atom is -0.307 e. The van der Waals surface area contributed by atoms with Gasteiger partial charge in [0.15, 0.2) is 0 Å². The molecular formula is C12H7ClIN3O3. The lowest BCUT2D eigenvalue weighted by molar-refractivity contribution is -0.384. The number of nitrogens with zero attached hydrogens (tertiary/aromatic N) is 2. The Morgan fingerprint density at radius 1 is 1.35 bits per heavy atom. The van der Waals surface area contributed by atoms with Gasteiger partial charge in [-0.3, -0.25) is 14.9 Å². The Balaban J connectivity index is 2.21. The van der Waals surface area contributed by atoms with Crippen LogP contribution in [0.5, 0.6) is 0 Å². The lowest BCUT2D eigenvalue weighted by atomic mass is 10.2. The number of nitro benzene ring substituents is 1. The zero-order valence-electron chi connectivity index (χ0n) is 9.84. The first kappa shape index (κ1) is 14.7. The first-order valence-electron chi connectivity index (χ1n) is 5.34. The van der Waals surface area contributed by atoms with Crippen LogP contribution in [0.4, 0.5) is 11.5 Å². The van der Waals surface area contributed by atoms with Crippen molar-refractivity contribution < 1.29 is 9.72 Å². The Morgan fingerprint density at radius 3 is 2.65 bits per heavy atom. The van der Waals surface area contributed by atoms with Crippen LogP contribution in [-0.4, -0.2) is 15.8 Å². The molecule has 8 heteroatoms. The zero-order valence-corrected chi connectivity index (χ0v) is 12.8. The molecule has 102 valence electrons. The van der Waals surface area contributed by atoms with Crippen LogP contribution >= 0.6 is 34.2 Å². The number of halogens is 2. The summed E-state index contributed by atoms with van der Waals surface area (Å²) in [7, 11) is 0. The van der Waals surface area contributed by atoms with Gasteiger partial charge in [0, 0.05) is 21.9 Å². The highest BCUT2D eigenvalue weighted by Gasteiger charge is 2.15. The molecule has 2 aromatic rings. The summed E-state index contributed by atoms with van der Waals surface area (Å²) in [6, 6.07) is 7.11. The van der Waals surface area contributed by atoms with E-state index in [9.17, 15) is 14.9 Å². The molecule has 0 saturated heterocycles. The van der Waals surface area contributed by atoms with Gasteiger partial charge in [-0.1, -0.05) is 11.6 Å². The quantitative estimate of drug-likeness (QED) is 0.483. The lowest BCUT2D eigenvalue weighted by Gasteiger charge is -2.06. The summed E-state index contributed by atoms with van der Waals surface area (Å²) in [5.74, 6) is -0.0940. The standard InChI is InChI=1S/C12H7ClIN3O3/c13-10-5-8(17(19)20)2-3-9(10)12(18)16-11-4-1-7(14)6-15-11/h1-6H,(H,15,16,18). The fraction of sp³-hybridized carbons (Fsp3) is 0. The lowest BCUT2D eigenvalue weighted by Crippen LogP contribution is -2.13. The van der Waals surface area contributed by atoms with E-state index >= 15 is 0 Å². The summed E-state index contributed by atoms with van der Waals surface area (Å²) in [5, 5.41) is 13.2. The number of benzene rings is 1. The SMILES string of the molecule is O=C(Nc1ccc(I)cn1)c1ccc([N+](=O)[O-])cc1Cl. The van der Waals surface area contributed by atoms with E-state index in [1.54, 1.807) is 18.3 Å². The molecule has 0 unspecified atom stereocenters. The molecule has 0 atom stereocenters. The third-order valence-corrected chi connectivity index (χ3v) is 3.33. The van der Waals surface area contributed by atoms with Gasteiger partial charge in [0.2, 0.25) is 0 Å². The van der Waals surface area contributed by atoms with Gasteiger partial charge in [-0.05, 0) is 40.8 Å². The average molecular weight is 404 g/mol. The largest absolute Gasteiger partial charge is 0.307 e. The summed E-state index contributed by atoms with van der Waals surface area (Å²) < 4.78 is 0.939. The third-order valence-electron chi connectivity index (χ3n) is 2.38. The molecule has 0 aliphatic carbocycles. The first-order chi connectivity index (χ1) is 9.47. The fourth-order valence-corrected chi connectivity index (χ4v) is 2.01. The van der Waals surface area contributed by atoms with Gasteiger partial charge < -0.3 is 5.32 Å². The molecule has 0 bridgehead atoms. The molecule has 0 saturated carbocycles. The fourth-order valence-electron chi connectivity index (χ4n) is 1.44. The molecule has 1 N–H and O–H groups in total. The van der Waals surface area contributed by atoms with Crippen molar-refractivity contribution >= 4 is 51.6 Å². The van der Waals surface area contributed by atoms with Crippen molar-refractivity contribution in [1.29, 1.82) is 0 Å². The molecule has 0 radical (unpaired) electrons. The van der Waals surface area contributed by atoms with Gasteiger partial charge in [-0.2, -0.15) is 0 Å². The Morgan fingerprint density at radius 2 is 2.10 bits per heavy atom. The normalized spacial score (nSPS) is 10.1. The number of pyridine rings is 1. The maximum Gasteiger partial charge on any atom is 0.270 e. The molecule has 0 aliphatic rings. The number of carbonyl (C=O) groups excluding carboxylic acids is 1. The molecule has 6 nitrogen and oxygen atoms in total. The second-order valence-electron chi connectivity index (χ2n) is 3.74. The Hall–Kier alpha value is -1.74. The molecular weight excluding hydrogens is 397 g/mol. The summed E-state index contributed by atoms with van der Waals surface area (Å²) in [6.07, 6.45) is 1.60. The van der Waals surface area contributed by atoms with Gasteiger partial charge in [-0.25, -0.2) is 4.98 Å². The van der Waals surface area contributed by atoms with Gasteiger partial charge in [0.05, 0.1) is 15.5 Å². The van der Waals surface area contributed by atoms with Crippen molar-refractivity contribution in [1.82, 2.24) is 4.98 Å². The van der Waals surface area contributed by atoms with Crippen LogP contribution in [0.3, 0.4) is 0 Å². The maximum absolute atomic E-state index is 12.0. The number of nitro groups is 1. The highest BCUT2D eigenvalue weighted by molar-refractivity contribution is 14.1. The van der Waals surface area contributed by atoms with Gasteiger partial charge >= 0.3 is 0 Å². The van der Waals surface area contributed by atoms with Crippen molar-refractivity contribution in [2.45, 2.75) is 0 Å². The topological polar surface area (TPSA) is 85.1 Å². The Labute approximate surface area is 132 Å². The second-order valence-corrected chi connectivity index (χ2v) is 5.39. The highest BCUT2D eigenvalue weighted by Crippen LogP contribution is 2.23. The molecule has 0 spiro atoms. The number of amides is 1. The molecule has 1 heterocycles. The zero-order chi connectivity index (χ0) is 14.7. The van der Waals surface area contributed by atoms with E-state index in [0.29, 0.717) is 5.82 Å². The number of nitrogens with one attached hydrogen (secondary N) is 1. The van der Waals surface area contributed by atoms with Crippen LogP contribution in [0.1, 0.15) is 10.4 Å². The molecule has 20 heavy (non-hydrogen) atoms. The average Bonchev–Trinajstić information content (AvgIpc) is 2.41. The second kappa shape index (κ2) is 6.14. The van der Waals surface area contributed by atoms with Gasteiger partial charge in [-0.15, -0.1) is 0 Å². The van der Waals surface area contributed by atoms with Crippen LogP contribution in [0.15, 0.2) is 36.5 Å². The van der Waals surface area contributed by atoms with E-state index in [2.05, 4.69) is 32.9 Å². The van der Waals surface area contributed by atoms with Crippen LogP contribution in [0, 0.1) is 13.7 Å². The summed E-state index contributed by atoms with van der Waals surface area (Å²) in [6.45, 7) is 0. The van der Waals surface area contributed by atoms with E-state index in [4.69, 9.17) is 11.6 Å². The summed E-state index contributed by atoms with van der Waals surface area (Å²) >= 11 is 7.97. The van der Waals surface area contributed by atoms with Crippen molar-refractivity contribution in [3.05, 3.63) is 60.8 Å². The van der Waals surface area contributed by atoms with Crippen LogP contribution in [-0.2, 0) is 0 Å². The van der Waals surface area contributed by atoms with E-state index in [-0.39, 0.29) is 16.3 Å². The molecule has 2 rings (SSSR count). The van der Waals surface area contributed by atoms with Crippen LogP contribution in [0.2, 0.25) is 5.02 Å². The minimum absolute atomic E-state index is 0.0159. The predicted octanol–water partition coefficient (Wildman–Crippen LogP) is 3.50. The van der Waals surface area contributed by atoms with E-state index in [1.165, 1.54) is 12.1 Å². The van der Waals surface area contributed by atoms with Crippen LogP contribution < -0.4 is 5.32 Å². The van der Waals surface area contributed by atoms with Gasteiger partial charge in [0.1, 0.15) is 5.82 Å². The Kier molecular flexibility index (Phi) is 4.50. The number of aromatic nitrogens is 1. The van der Waals surface area contributed by atoms with Crippen molar-refractivity contribution in [2.24, 2.45) is 0 Å². The summed E-state index contributed by atoms with van der Waals surface area (Å²) in [4.78, 5) is 26.0. The molecule has 1 amide bonds. The van der Waals surface area contributed by atoms with Crippen LogP contribution in [0.25, 0.3) is 0 Å².